The Hall–Kier alpha value is -1.22. The van der Waals surface area contributed by atoms with Crippen LogP contribution < -0.4 is 10.5 Å². The van der Waals surface area contributed by atoms with E-state index in [2.05, 4.69) is 11.8 Å². The van der Waals surface area contributed by atoms with Crippen molar-refractivity contribution in [3.05, 3.63) is 24.3 Å². The molecule has 88 valence electrons. The first kappa shape index (κ1) is 11.3. The average molecular weight is 220 g/mol. The Balaban J connectivity index is 1.91. The quantitative estimate of drug-likeness (QED) is 0.793. The van der Waals surface area contributed by atoms with Gasteiger partial charge in [0.25, 0.3) is 0 Å². The SMILES string of the molecule is CCN1CCC[C@@H](Oc2ccc(N)cc2)C1. The first-order valence-electron chi connectivity index (χ1n) is 6.02. The lowest BCUT2D eigenvalue weighted by Gasteiger charge is -2.32. The molecule has 0 aliphatic carbocycles. The average Bonchev–Trinajstić information content (AvgIpc) is 2.32. The molecule has 1 saturated heterocycles. The van der Waals surface area contributed by atoms with Crippen LogP contribution in [0, 0.1) is 0 Å². The van der Waals surface area contributed by atoms with E-state index < -0.39 is 0 Å². The molecular weight excluding hydrogens is 200 g/mol. The molecule has 1 aromatic rings. The fraction of sp³-hybridized carbons (Fsp3) is 0.538. The van der Waals surface area contributed by atoms with E-state index in [4.69, 9.17) is 10.5 Å². The van der Waals surface area contributed by atoms with Crippen LogP contribution in [0.15, 0.2) is 24.3 Å². The number of hydrogen-bond acceptors (Lipinski definition) is 3. The summed E-state index contributed by atoms with van der Waals surface area (Å²) in [5.41, 5.74) is 6.42. The number of hydrogen-bond donors (Lipinski definition) is 1. The zero-order valence-corrected chi connectivity index (χ0v) is 9.86. The van der Waals surface area contributed by atoms with Gasteiger partial charge in [-0.2, -0.15) is 0 Å². The third kappa shape index (κ3) is 2.89. The van der Waals surface area contributed by atoms with E-state index in [-0.39, 0.29) is 0 Å². The van der Waals surface area contributed by atoms with Gasteiger partial charge in [-0.05, 0) is 50.2 Å². The van der Waals surface area contributed by atoms with Crippen molar-refractivity contribution in [3.63, 3.8) is 0 Å². The number of anilines is 1. The maximum absolute atomic E-state index is 5.95. The smallest absolute Gasteiger partial charge is 0.119 e. The fourth-order valence-electron chi connectivity index (χ4n) is 2.14. The number of nitrogen functional groups attached to an aromatic ring is 1. The number of likely N-dealkylation sites (tertiary alicyclic amines) is 1. The molecule has 0 unspecified atom stereocenters. The van der Waals surface area contributed by atoms with E-state index in [0.29, 0.717) is 6.10 Å². The normalized spacial score (nSPS) is 21.9. The minimum absolute atomic E-state index is 0.331. The Morgan fingerprint density at radius 2 is 2.12 bits per heavy atom. The molecule has 3 nitrogen and oxygen atoms in total. The molecule has 1 aliphatic rings. The highest BCUT2D eigenvalue weighted by atomic mass is 16.5. The number of ether oxygens (including phenoxy) is 1. The summed E-state index contributed by atoms with van der Waals surface area (Å²) in [5.74, 6) is 0.928. The molecule has 1 aromatic carbocycles. The Kier molecular flexibility index (Phi) is 3.67. The Morgan fingerprint density at radius 3 is 2.81 bits per heavy atom. The number of nitrogens with zero attached hydrogens (tertiary/aromatic N) is 1. The van der Waals surface area contributed by atoms with Gasteiger partial charge in [0.05, 0.1) is 0 Å². The van der Waals surface area contributed by atoms with Crippen LogP contribution in [0.3, 0.4) is 0 Å². The van der Waals surface area contributed by atoms with Crippen molar-refractivity contribution in [1.82, 2.24) is 4.90 Å². The molecule has 0 amide bonds. The molecule has 2 N–H and O–H groups in total. The molecule has 1 aliphatic heterocycles. The highest BCUT2D eigenvalue weighted by Gasteiger charge is 2.19. The van der Waals surface area contributed by atoms with Crippen molar-refractivity contribution in [3.8, 4) is 5.75 Å². The second-order valence-corrected chi connectivity index (χ2v) is 4.34. The predicted octanol–water partition coefficient (Wildman–Crippen LogP) is 2.13. The topological polar surface area (TPSA) is 38.5 Å². The Bertz CT molecular complexity index is 323. The molecule has 1 fully saturated rings. The van der Waals surface area contributed by atoms with Gasteiger partial charge < -0.3 is 10.5 Å². The van der Waals surface area contributed by atoms with Crippen LogP contribution >= 0.6 is 0 Å². The monoisotopic (exact) mass is 220 g/mol. The lowest BCUT2D eigenvalue weighted by atomic mass is 10.1. The van der Waals surface area contributed by atoms with Gasteiger partial charge >= 0.3 is 0 Å². The maximum atomic E-state index is 5.95. The van der Waals surface area contributed by atoms with Crippen molar-refractivity contribution in [2.45, 2.75) is 25.9 Å². The molecule has 2 rings (SSSR count). The van der Waals surface area contributed by atoms with Crippen LogP contribution in [0.5, 0.6) is 5.75 Å². The number of piperidine rings is 1. The number of benzene rings is 1. The lowest BCUT2D eigenvalue weighted by Crippen LogP contribution is -2.40. The van der Waals surface area contributed by atoms with Crippen molar-refractivity contribution in [2.24, 2.45) is 0 Å². The van der Waals surface area contributed by atoms with Gasteiger partial charge in [0.1, 0.15) is 11.9 Å². The van der Waals surface area contributed by atoms with Gasteiger partial charge in [-0.25, -0.2) is 0 Å². The summed E-state index contributed by atoms with van der Waals surface area (Å²) in [6.45, 7) is 5.56. The summed E-state index contributed by atoms with van der Waals surface area (Å²) in [4.78, 5) is 2.44. The lowest BCUT2D eigenvalue weighted by molar-refractivity contribution is 0.0920. The van der Waals surface area contributed by atoms with Crippen molar-refractivity contribution in [2.75, 3.05) is 25.4 Å². The number of likely N-dealkylation sites (N-methyl/N-ethyl adjacent to an activating group) is 1. The van der Waals surface area contributed by atoms with E-state index in [1.807, 2.05) is 24.3 Å². The molecule has 16 heavy (non-hydrogen) atoms. The summed E-state index contributed by atoms with van der Waals surface area (Å²) in [6, 6.07) is 7.66. The third-order valence-corrected chi connectivity index (χ3v) is 3.09. The minimum atomic E-state index is 0.331. The largest absolute Gasteiger partial charge is 0.489 e. The summed E-state index contributed by atoms with van der Waals surface area (Å²) in [6.07, 6.45) is 2.71. The summed E-state index contributed by atoms with van der Waals surface area (Å²) >= 11 is 0. The van der Waals surface area contributed by atoms with E-state index in [0.717, 1.165) is 30.9 Å². The van der Waals surface area contributed by atoms with Crippen LogP contribution in [-0.2, 0) is 0 Å². The summed E-state index contributed by atoms with van der Waals surface area (Å²) < 4.78 is 5.95. The van der Waals surface area contributed by atoms with Gasteiger partial charge in [-0.3, -0.25) is 4.90 Å². The molecule has 0 spiro atoms. The van der Waals surface area contributed by atoms with E-state index in [9.17, 15) is 0 Å². The van der Waals surface area contributed by atoms with Crippen molar-refractivity contribution in [1.29, 1.82) is 0 Å². The van der Waals surface area contributed by atoms with Crippen LogP contribution in [0.2, 0.25) is 0 Å². The standard InChI is InChI=1S/C13H20N2O/c1-2-15-9-3-4-13(10-15)16-12-7-5-11(14)6-8-12/h5-8,13H,2-4,9-10,14H2,1H3/t13-/m1/s1. The zero-order chi connectivity index (χ0) is 11.4. The first-order chi connectivity index (χ1) is 7.78. The van der Waals surface area contributed by atoms with Crippen LogP contribution in [0.4, 0.5) is 5.69 Å². The van der Waals surface area contributed by atoms with E-state index in [1.165, 1.54) is 13.0 Å². The summed E-state index contributed by atoms with van der Waals surface area (Å²) in [5, 5.41) is 0. The van der Waals surface area contributed by atoms with E-state index in [1.54, 1.807) is 0 Å². The molecule has 3 heteroatoms. The minimum Gasteiger partial charge on any atom is -0.489 e. The molecule has 0 saturated carbocycles. The third-order valence-electron chi connectivity index (χ3n) is 3.09. The fourth-order valence-corrected chi connectivity index (χ4v) is 2.14. The first-order valence-corrected chi connectivity index (χ1v) is 6.02. The molecule has 1 atom stereocenters. The van der Waals surface area contributed by atoms with Crippen molar-refractivity contribution < 1.29 is 4.74 Å². The molecule has 1 heterocycles. The van der Waals surface area contributed by atoms with Gasteiger partial charge in [0.2, 0.25) is 0 Å². The molecule has 0 aromatic heterocycles. The number of rotatable bonds is 3. The zero-order valence-electron chi connectivity index (χ0n) is 9.86. The van der Waals surface area contributed by atoms with Crippen LogP contribution in [0.1, 0.15) is 19.8 Å². The van der Waals surface area contributed by atoms with Crippen molar-refractivity contribution >= 4 is 5.69 Å². The predicted molar refractivity (Wildman–Crippen MR) is 66.6 cm³/mol. The Morgan fingerprint density at radius 1 is 1.38 bits per heavy atom. The van der Waals surface area contributed by atoms with E-state index >= 15 is 0 Å². The second-order valence-electron chi connectivity index (χ2n) is 4.34. The molecule has 0 bridgehead atoms. The molecule has 0 radical (unpaired) electrons. The van der Waals surface area contributed by atoms with Gasteiger partial charge in [0, 0.05) is 12.2 Å². The second kappa shape index (κ2) is 5.21. The van der Waals surface area contributed by atoms with Crippen LogP contribution in [-0.4, -0.2) is 30.6 Å². The Labute approximate surface area is 97.2 Å². The molecular formula is C13H20N2O. The maximum Gasteiger partial charge on any atom is 0.119 e. The highest BCUT2D eigenvalue weighted by Crippen LogP contribution is 2.19. The highest BCUT2D eigenvalue weighted by molar-refractivity contribution is 5.41. The van der Waals surface area contributed by atoms with Crippen LogP contribution in [0.25, 0.3) is 0 Å². The van der Waals surface area contributed by atoms with Gasteiger partial charge in [-0.1, -0.05) is 6.92 Å². The summed E-state index contributed by atoms with van der Waals surface area (Å²) in [7, 11) is 0. The van der Waals surface area contributed by atoms with Gasteiger partial charge in [-0.15, -0.1) is 0 Å². The van der Waals surface area contributed by atoms with Gasteiger partial charge in [0.15, 0.2) is 0 Å². The number of nitrogens with two attached hydrogens (primary N) is 1.